The first-order valence-corrected chi connectivity index (χ1v) is 5.01. The van der Waals surface area contributed by atoms with Crippen molar-refractivity contribution in [3.63, 3.8) is 0 Å². The van der Waals surface area contributed by atoms with Crippen LogP contribution in [0.4, 0.5) is 4.39 Å². The summed E-state index contributed by atoms with van der Waals surface area (Å²) in [5.74, 6) is -0.323. The maximum atomic E-state index is 13.0. The van der Waals surface area contributed by atoms with Crippen LogP contribution < -0.4 is 0 Å². The molecule has 3 heteroatoms. The standard InChI is InChI=1S/C11H14ClFO/c1-7(8(2)14)6-9-4-3-5-10(13)11(9)12/h3-5,7-8,14H,6H2,1-2H3. The van der Waals surface area contributed by atoms with Crippen molar-refractivity contribution in [2.45, 2.75) is 26.4 Å². The van der Waals surface area contributed by atoms with E-state index in [4.69, 9.17) is 11.6 Å². The van der Waals surface area contributed by atoms with Crippen LogP contribution in [0.5, 0.6) is 0 Å². The summed E-state index contributed by atoms with van der Waals surface area (Å²) in [6, 6.07) is 4.74. The van der Waals surface area contributed by atoms with E-state index in [2.05, 4.69) is 0 Å². The molecule has 0 aliphatic rings. The SMILES string of the molecule is CC(O)C(C)Cc1cccc(F)c1Cl. The van der Waals surface area contributed by atoms with Crippen LogP contribution >= 0.6 is 11.6 Å². The van der Waals surface area contributed by atoms with Crippen molar-refractivity contribution in [3.05, 3.63) is 34.6 Å². The summed E-state index contributed by atoms with van der Waals surface area (Å²) in [4.78, 5) is 0. The molecule has 0 aromatic heterocycles. The summed E-state index contributed by atoms with van der Waals surface area (Å²) in [5, 5.41) is 9.47. The lowest BCUT2D eigenvalue weighted by atomic mass is 9.97. The maximum Gasteiger partial charge on any atom is 0.142 e. The molecule has 2 atom stereocenters. The molecule has 0 heterocycles. The Hall–Kier alpha value is -0.600. The summed E-state index contributed by atoms with van der Waals surface area (Å²) in [5.41, 5.74) is 0.750. The molecule has 0 bridgehead atoms. The lowest BCUT2D eigenvalue weighted by Crippen LogP contribution is -2.15. The molecule has 78 valence electrons. The second kappa shape index (κ2) is 4.76. The van der Waals surface area contributed by atoms with E-state index in [0.717, 1.165) is 5.56 Å². The molecular weight excluding hydrogens is 203 g/mol. The number of benzene rings is 1. The molecule has 1 nitrogen and oxygen atoms in total. The van der Waals surface area contributed by atoms with Gasteiger partial charge in [-0.2, -0.15) is 0 Å². The number of hydrogen-bond acceptors (Lipinski definition) is 1. The van der Waals surface area contributed by atoms with Crippen molar-refractivity contribution in [1.82, 2.24) is 0 Å². The van der Waals surface area contributed by atoms with Gasteiger partial charge in [-0.25, -0.2) is 4.39 Å². The largest absolute Gasteiger partial charge is 0.393 e. The Kier molecular flexibility index (Phi) is 3.90. The highest BCUT2D eigenvalue weighted by atomic mass is 35.5. The molecule has 1 rings (SSSR count). The number of halogens is 2. The molecule has 0 spiro atoms. The van der Waals surface area contributed by atoms with Gasteiger partial charge < -0.3 is 5.11 Å². The predicted molar refractivity (Wildman–Crippen MR) is 56.0 cm³/mol. The number of hydrogen-bond donors (Lipinski definition) is 1. The first-order valence-electron chi connectivity index (χ1n) is 4.63. The van der Waals surface area contributed by atoms with Gasteiger partial charge in [0, 0.05) is 0 Å². The van der Waals surface area contributed by atoms with Crippen LogP contribution in [-0.2, 0) is 6.42 Å². The Balaban J connectivity index is 2.82. The molecule has 0 saturated carbocycles. The first-order chi connectivity index (χ1) is 6.52. The lowest BCUT2D eigenvalue weighted by molar-refractivity contribution is 0.135. The highest BCUT2D eigenvalue weighted by Gasteiger charge is 2.13. The summed E-state index contributed by atoms with van der Waals surface area (Å²) >= 11 is 5.79. The van der Waals surface area contributed by atoms with Crippen LogP contribution in [0.25, 0.3) is 0 Å². The topological polar surface area (TPSA) is 20.2 Å². The Morgan fingerprint density at radius 2 is 2.07 bits per heavy atom. The lowest BCUT2D eigenvalue weighted by Gasteiger charge is -2.15. The van der Waals surface area contributed by atoms with Crippen molar-refractivity contribution in [2.24, 2.45) is 5.92 Å². The van der Waals surface area contributed by atoms with E-state index in [-0.39, 0.29) is 10.9 Å². The normalized spacial score (nSPS) is 15.2. The third kappa shape index (κ3) is 2.69. The predicted octanol–water partition coefficient (Wildman–Crippen LogP) is 3.04. The Morgan fingerprint density at radius 1 is 1.43 bits per heavy atom. The van der Waals surface area contributed by atoms with Gasteiger partial charge in [-0.15, -0.1) is 0 Å². The zero-order valence-corrected chi connectivity index (χ0v) is 9.05. The van der Waals surface area contributed by atoms with E-state index < -0.39 is 11.9 Å². The van der Waals surface area contributed by atoms with Gasteiger partial charge in [0.05, 0.1) is 11.1 Å². The fourth-order valence-corrected chi connectivity index (χ4v) is 1.43. The minimum Gasteiger partial charge on any atom is -0.393 e. The minimum absolute atomic E-state index is 0.0781. The first kappa shape index (κ1) is 11.5. The molecule has 0 radical (unpaired) electrons. The van der Waals surface area contributed by atoms with Crippen molar-refractivity contribution in [1.29, 1.82) is 0 Å². The highest BCUT2D eigenvalue weighted by Crippen LogP contribution is 2.23. The molecule has 0 aliphatic heterocycles. The summed E-state index contributed by atoms with van der Waals surface area (Å²) < 4.78 is 13.0. The Bertz CT molecular complexity index is 312. The fraction of sp³-hybridized carbons (Fsp3) is 0.455. The molecule has 0 amide bonds. The van der Waals surface area contributed by atoms with E-state index in [9.17, 15) is 9.50 Å². The van der Waals surface area contributed by atoms with Crippen molar-refractivity contribution >= 4 is 11.6 Å². The van der Waals surface area contributed by atoms with Gasteiger partial charge in [-0.1, -0.05) is 30.7 Å². The van der Waals surface area contributed by atoms with Crippen LogP contribution in [0.3, 0.4) is 0 Å². The summed E-state index contributed by atoms with van der Waals surface area (Å²) in [7, 11) is 0. The molecular formula is C11H14ClFO. The molecule has 14 heavy (non-hydrogen) atoms. The summed E-state index contributed by atoms with van der Waals surface area (Å²) in [6.07, 6.45) is 0.184. The molecule has 0 aliphatic carbocycles. The smallest absolute Gasteiger partial charge is 0.142 e. The quantitative estimate of drug-likeness (QED) is 0.824. The van der Waals surface area contributed by atoms with Gasteiger partial charge in [0.1, 0.15) is 5.82 Å². The fourth-order valence-electron chi connectivity index (χ4n) is 1.22. The number of aliphatic hydroxyl groups excluding tert-OH is 1. The second-order valence-electron chi connectivity index (χ2n) is 3.63. The molecule has 0 saturated heterocycles. The van der Waals surface area contributed by atoms with Gasteiger partial charge in [0.2, 0.25) is 0 Å². The van der Waals surface area contributed by atoms with E-state index in [0.29, 0.717) is 6.42 Å². The average molecular weight is 217 g/mol. The third-order valence-corrected chi connectivity index (χ3v) is 2.82. The van der Waals surface area contributed by atoms with Crippen molar-refractivity contribution in [3.8, 4) is 0 Å². The van der Waals surface area contributed by atoms with Gasteiger partial charge in [0.25, 0.3) is 0 Å². The van der Waals surface area contributed by atoms with E-state index in [1.165, 1.54) is 6.07 Å². The van der Waals surface area contributed by atoms with Gasteiger partial charge >= 0.3 is 0 Å². The van der Waals surface area contributed by atoms with E-state index >= 15 is 0 Å². The van der Waals surface area contributed by atoms with Crippen LogP contribution in [0.2, 0.25) is 5.02 Å². The molecule has 0 fully saturated rings. The molecule has 2 unspecified atom stereocenters. The van der Waals surface area contributed by atoms with Crippen LogP contribution in [0, 0.1) is 11.7 Å². The zero-order valence-electron chi connectivity index (χ0n) is 8.30. The second-order valence-corrected chi connectivity index (χ2v) is 4.01. The van der Waals surface area contributed by atoms with Crippen LogP contribution in [0.1, 0.15) is 19.4 Å². The minimum atomic E-state index is -0.408. The number of rotatable bonds is 3. The van der Waals surface area contributed by atoms with E-state index in [1.54, 1.807) is 19.1 Å². The molecule has 1 N–H and O–H groups in total. The number of aliphatic hydroxyl groups is 1. The Morgan fingerprint density at radius 3 is 2.64 bits per heavy atom. The summed E-state index contributed by atoms with van der Waals surface area (Å²) in [6.45, 7) is 3.63. The average Bonchev–Trinajstić information content (AvgIpc) is 2.12. The van der Waals surface area contributed by atoms with Gasteiger partial charge in [-0.05, 0) is 30.9 Å². The molecule has 1 aromatic rings. The third-order valence-electron chi connectivity index (χ3n) is 2.40. The van der Waals surface area contributed by atoms with Crippen LogP contribution in [0.15, 0.2) is 18.2 Å². The Labute approximate surface area is 88.5 Å². The van der Waals surface area contributed by atoms with Crippen molar-refractivity contribution < 1.29 is 9.50 Å². The van der Waals surface area contributed by atoms with Crippen LogP contribution in [-0.4, -0.2) is 11.2 Å². The zero-order chi connectivity index (χ0) is 10.7. The van der Waals surface area contributed by atoms with Gasteiger partial charge in [-0.3, -0.25) is 0 Å². The van der Waals surface area contributed by atoms with Crippen molar-refractivity contribution in [2.75, 3.05) is 0 Å². The molecule has 1 aromatic carbocycles. The van der Waals surface area contributed by atoms with Gasteiger partial charge in [0.15, 0.2) is 0 Å². The maximum absolute atomic E-state index is 13.0. The van der Waals surface area contributed by atoms with E-state index in [1.807, 2.05) is 6.92 Å². The highest BCUT2D eigenvalue weighted by molar-refractivity contribution is 6.31. The monoisotopic (exact) mass is 216 g/mol.